The number of pyridine rings is 1. The Balaban J connectivity index is 0.000000454. The van der Waals surface area contributed by atoms with Crippen LogP contribution in [0.5, 0.6) is 5.88 Å². The van der Waals surface area contributed by atoms with Crippen LogP contribution >= 0.6 is 0 Å². The van der Waals surface area contributed by atoms with Gasteiger partial charge in [-0.1, -0.05) is 35.5 Å². The van der Waals surface area contributed by atoms with Crippen molar-refractivity contribution in [3.05, 3.63) is 71.5 Å². The molecule has 1 amide bonds. The molecule has 0 radical (unpaired) electrons. The van der Waals surface area contributed by atoms with Gasteiger partial charge in [-0.25, -0.2) is 4.98 Å². The highest BCUT2D eigenvalue weighted by Gasteiger charge is 2.25. The van der Waals surface area contributed by atoms with Crippen molar-refractivity contribution in [3.8, 4) is 23.2 Å². The summed E-state index contributed by atoms with van der Waals surface area (Å²) in [5.41, 5.74) is 4.02. The quantitative estimate of drug-likeness (QED) is 0.355. The number of nitriles is 1. The molecule has 0 bridgehead atoms. The van der Waals surface area contributed by atoms with Crippen LogP contribution in [-0.2, 0) is 11.2 Å². The lowest BCUT2D eigenvalue weighted by molar-refractivity contribution is -0.156. The number of fused-ring (bicyclic) bond motifs is 1. The second-order valence-corrected chi connectivity index (χ2v) is 6.63. The van der Waals surface area contributed by atoms with Gasteiger partial charge in [0.25, 0.3) is 5.91 Å². The maximum absolute atomic E-state index is 11.9. The molecule has 4 rings (SSSR count). The first-order valence-electron chi connectivity index (χ1n) is 9.51. The molecule has 0 fully saturated rings. The molecular weight excluding hydrogens is 439 g/mol. The van der Waals surface area contributed by atoms with Crippen molar-refractivity contribution >= 4 is 17.9 Å². The first-order valence-corrected chi connectivity index (χ1v) is 9.51. The number of aromatic amines is 1. The number of carbonyl (C=O) groups is 2. The maximum atomic E-state index is 11.9. The number of H-pyrrole nitrogens is 1. The van der Waals surface area contributed by atoms with Crippen LogP contribution in [0.15, 0.2) is 59.9 Å². The van der Waals surface area contributed by atoms with E-state index in [0.29, 0.717) is 17.7 Å². The van der Waals surface area contributed by atoms with Gasteiger partial charge < -0.3 is 15.1 Å². The monoisotopic (exact) mass is 455 g/mol. The van der Waals surface area contributed by atoms with E-state index in [-0.39, 0.29) is 17.5 Å². The fourth-order valence-electron chi connectivity index (χ4n) is 2.90. The number of hydrogen-bond acceptors (Lipinski definition) is 6. The smallest absolute Gasteiger partial charge is 0.358 e. The Labute approximate surface area is 185 Å². The van der Waals surface area contributed by atoms with Crippen molar-refractivity contribution < 1.29 is 27.6 Å². The van der Waals surface area contributed by atoms with Gasteiger partial charge in [0, 0.05) is 47.7 Å². The summed E-state index contributed by atoms with van der Waals surface area (Å²) in [6.07, 6.45) is -3.34. The van der Waals surface area contributed by atoms with E-state index in [0.717, 1.165) is 23.4 Å². The normalized spacial score (nSPS) is 13.0. The number of aromatic nitrogens is 2. The number of hydrogen-bond donors (Lipinski definition) is 2. The highest BCUT2D eigenvalue weighted by molar-refractivity contribution is 6.11. The minimum Gasteiger partial charge on any atom is -0.358 e. The van der Waals surface area contributed by atoms with Crippen LogP contribution in [0.4, 0.5) is 13.2 Å². The van der Waals surface area contributed by atoms with Gasteiger partial charge >= 0.3 is 6.18 Å². The molecule has 0 aliphatic carbocycles. The number of benzene rings is 1. The molecule has 0 unspecified atom stereocenters. The van der Waals surface area contributed by atoms with Gasteiger partial charge in [0.15, 0.2) is 5.71 Å². The highest BCUT2D eigenvalue weighted by atomic mass is 19.4. The van der Waals surface area contributed by atoms with Crippen molar-refractivity contribution in [3.63, 3.8) is 0 Å². The van der Waals surface area contributed by atoms with Crippen molar-refractivity contribution in [2.45, 2.75) is 12.6 Å². The summed E-state index contributed by atoms with van der Waals surface area (Å²) in [7, 11) is 0. The summed E-state index contributed by atoms with van der Waals surface area (Å²) < 4.78 is 31.2. The van der Waals surface area contributed by atoms with E-state index in [1.165, 1.54) is 0 Å². The highest BCUT2D eigenvalue weighted by Crippen LogP contribution is 2.25. The summed E-state index contributed by atoms with van der Waals surface area (Å²) in [5.74, 6) is 0.184. The fraction of sp³-hybridized carbons (Fsp3) is 0.136. The predicted octanol–water partition coefficient (Wildman–Crippen LogP) is 3.42. The zero-order valence-corrected chi connectivity index (χ0v) is 16.9. The van der Waals surface area contributed by atoms with E-state index >= 15 is 0 Å². The van der Waals surface area contributed by atoms with Crippen LogP contribution in [0.25, 0.3) is 11.3 Å². The topological polar surface area (TPSA) is 120 Å². The predicted molar refractivity (Wildman–Crippen MR) is 111 cm³/mol. The number of aldehydes is 1. The second kappa shape index (κ2) is 10.2. The Bertz CT molecular complexity index is 1210. The summed E-state index contributed by atoms with van der Waals surface area (Å²) in [6, 6.07) is 16.4. The van der Waals surface area contributed by atoms with E-state index in [9.17, 15) is 23.2 Å². The van der Waals surface area contributed by atoms with E-state index in [1.54, 1.807) is 24.4 Å². The summed E-state index contributed by atoms with van der Waals surface area (Å²) in [6.45, 7) is 0.627. The molecule has 0 atom stereocenters. The van der Waals surface area contributed by atoms with Crippen LogP contribution in [0.1, 0.15) is 21.6 Å². The molecule has 2 N–H and O–H groups in total. The molecule has 168 valence electrons. The van der Waals surface area contributed by atoms with Crippen LogP contribution < -0.4 is 10.2 Å². The lowest BCUT2D eigenvalue weighted by Crippen LogP contribution is -2.31. The van der Waals surface area contributed by atoms with Gasteiger partial charge in [-0.3, -0.25) is 9.59 Å². The molecule has 3 aromatic rings. The Hall–Kier alpha value is -4.46. The van der Waals surface area contributed by atoms with Gasteiger partial charge in [-0.15, -0.1) is 0 Å². The van der Waals surface area contributed by atoms with E-state index < -0.39 is 12.5 Å². The van der Waals surface area contributed by atoms with Crippen molar-refractivity contribution in [1.82, 2.24) is 15.3 Å². The fourth-order valence-corrected chi connectivity index (χ4v) is 2.90. The molecule has 2 aromatic heterocycles. The molecule has 0 saturated carbocycles. The lowest BCUT2D eigenvalue weighted by atomic mass is 10.1. The van der Waals surface area contributed by atoms with Gasteiger partial charge in [0.2, 0.25) is 12.2 Å². The molecule has 33 heavy (non-hydrogen) atoms. The van der Waals surface area contributed by atoms with Crippen LogP contribution in [0.2, 0.25) is 0 Å². The minimum absolute atomic E-state index is 0.0737. The Kier molecular flexibility index (Phi) is 7.20. The molecule has 1 aliphatic rings. The molecular formula is C22H16F3N5O3. The summed E-state index contributed by atoms with van der Waals surface area (Å²) in [5, 5.41) is 16.0. The third-order valence-corrected chi connectivity index (χ3v) is 4.37. The average Bonchev–Trinajstić information content (AvgIpc) is 3.26. The molecule has 3 heterocycles. The molecule has 1 aromatic carbocycles. The minimum atomic E-state index is -4.64. The Morgan fingerprint density at radius 3 is 2.58 bits per heavy atom. The number of oxime groups is 1. The Morgan fingerprint density at radius 1 is 1.21 bits per heavy atom. The third kappa shape index (κ3) is 6.27. The summed E-state index contributed by atoms with van der Waals surface area (Å²) in [4.78, 5) is 33.4. The first kappa shape index (κ1) is 23.2. The zero-order valence-electron chi connectivity index (χ0n) is 16.9. The molecule has 1 aliphatic heterocycles. The van der Waals surface area contributed by atoms with Crippen molar-refractivity contribution in [2.75, 3.05) is 6.54 Å². The number of amides is 1. The third-order valence-electron chi connectivity index (χ3n) is 4.37. The number of alkyl halides is 3. The molecule has 8 nitrogen and oxygen atoms in total. The number of carbonyl (C=O) groups excluding carboxylic acids is 2. The first-order chi connectivity index (χ1) is 15.8. The molecule has 11 heteroatoms. The van der Waals surface area contributed by atoms with E-state index in [2.05, 4.69) is 20.4 Å². The maximum Gasteiger partial charge on any atom is 0.446 e. The summed E-state index contributed by atoms with van der Waals surface area (Å²) >= 11 is 0. The van der Waals surface area contributed by atoms with Gasteiger partial charge in [-0.05, 0) is 12.1 Å². The van der Waals surface area contributed by atoms with E-state index in [1.807, 2.05) is 36.4 Å². The van der Waals surface area contributed by atoms with E-state index in [4.69, 9.17) is 9.63 Å². The number of halogens is 3. The second-order valence-electron chi connectivity index (χ2n) is 6.63. The van der Waals surface area contributed by atoms with Crippen LogP contribution in [0, 0.1) is 11.3 Å². The van der Waals surface area contributed by atoms with Crippen LogP contribution in [-0.4, -0.2) is 40.6 Å². The Morgan fingerprint density at radius 2 is 1.94 bits per heavy atom. The lowest BCUT2D eigenvalue weighted by Gasteiger charge is -2.10. The largest absolute Gasteiger partial charge is 0.446 e. The van der Waals surface area contributed by atoms with Crippen LogP contribution in [0.3, 0.4) is 0 Å². The van der Waals surface area contributed by atoms with Crippen molar-refractivity contribution in [2.24, 2.45) is 5.16 Å². The number of rotatable bonds is 4. The number of nitrogens with one attached hydrogen (secondary N) is 2. The zero-order chi connectivity index (χ0) is 23.8. The van der Waals surface area contributed by atoms with Gasteiger partial charge in [0.05, 0.1) is 5.56 Å². The molecule has 0 spiro atoms. The number of nitrogens with zero attached hydrogens (tertiary/aromatic N) is 3. The molecule has 0 saturated heterocycles. The standard InChI is InChI=1S/C20H15N5O2.C2HF3O/c21-12-18(13-4-2-1-3-5-13)25-27-19-10-14(6-8-22-19)17-11-15-16(24-17)7-9-23-20(15)26;3-2(4,5)1-6/h1-6,8,10-11,24H,7,9H2,(H,23,26);1H/b25-18+;. The SMILES string of the molecule is N#C/C(=N\Oc1cc(-c2cc3c([nH]2)CCNC3=O)ccn1)c1ccccc1.O=CC(F)(F)F. The van der Waals surface area contributed by atoms with Gasteiger partial charge in [-0.2, -0.15) is 18.4 Å². The average molecular weight is 455 g/mol. The van der Waals surface area contributed by atoms with Gasteiger partial charge in [0.1, 0.15) is 6.07 Å². The van der Waals surface area contributed by atoms with Crippen molar-refractivity contribution in [1.29, 1.82) is 5.26 Å².